The highest BCUT2D eigenvalue weighted by atomic mass is 32.2. The first-order valence-corrected chi connectivity index (χ1v) is 12.6. The topological polar surface area (TPSA) is 75.7 Å². The third kappa shape index (κ3) is 6.17. The van der Waals surface area contributed by atoms with Crippen LogP contribution in [0.1, 0.15) is 42.3 Å². The predicted octanol–water partition coefficient (Wildman–Crippen LogP) is 4.93. The number of carbonyl (C=O) groups is 1. The number of hydrogen-bond donors (Lipinski definition) is 1. The first kappa shape index (κ1) is 25.3. The van der Waals surface area contributed by atoms with E-state index in [1.54, 1.807) is 48.5 Å². The second kappa shape index (κ2) is 10.3. The molecule has 0 unspecified atom stereocenters. The second-order valence-corrected chi connectivity index (χ2v) is 11.2. The summed E-state index contributed by atoms with van der Waals surface area (Å²) in [5.74, 6) is 0.506. The number of sulfonamides is 1. The van der Waals surface area contributed by atoms with E-state index in [0.29, 0.717) is 24.4 Å². The number of hydrogen-bond acceptors (Lipinski definition) is 4. The average molecular weight is 481 g/mol. The molecular weight excluding hydrogens is 448 g/mol. The van der Waals surface area contributed by atoms with Crippen molar-refractivity contribution >= 4 is 21.6 Å². The van der Waals surface area contributed by atoms with Gasteiger partial charge < -0.3 is 10.1 Å². The molecule has 0 heterocycles. The summed E-state index contributed by atoms with van der Waals surface area (Å²) in [6.45, 7) is 9.07. The van der Waals surface area contributed by atoms with E-state index in [9.17, 15) is 13.2 Å². The highest BCUT2D eigenvalue weighted by Gasteiger charge is 2.21. The number of carbonyl (C=O) groups excluding carboxylic acids is 1. The van der Waals surface area contributed by atoms with Gasteiger partial charge in [0.15, 0.2) is 0 Å². The maximum absolute atomic E-state index is 12.9. The zero-order chi connectivity index (χ0) is 24.9. The van der Waals surface area contributed by atoms with Crippen molar-refractivity contribution in [2.24, 2.45) is 0 Å². The van der Waals surface area contributed by atoms with Gasteiger partial charge in [-0.05, 0) is 66.4 Å². The van der Waals surface area contributed by atoms with Gasteiger partial charge in [0.25, 0.3) is 15.9 Å². The Morgan fingerprint density at radius 3 is 2.06 bits per heavy atom. The molecule has 3 aromatic carbocycles. The Hall–Kier alpha value is -3.32. The first-order valence-electron chi connectivity index (χ1n) is 11.2. The zero-order valence-electron chi connectivity index (χ0n) is 20.3. The number of aryl methyl sites for hydroxylation is 1. The van der Waals surface area contributed by atoms with Crippen LogP contribution in [0.3, 0.4) is 0 Å². The van der Waals surface area contributed by atoms with Crippen molar-refractivity contribution in [1.82, 2.24) is 5.32 Å². The molecule has 0 atom stereocenters. The maximum atomic E-state index is 12.9. The van der Waals surface area contributed by atoms with Gasteiger partial charge in [-0.2, -0.15) is 0 Å². The first-order chi connectivity index (χ1) is 16.0. The van der Waals surface area contributed by atoms with Crippen LogP contribution in [0.4, 0.5) is 5.69 Å². The van der Waals surface area contributed by atoms with Crippen LogP contribution < -0.4 is 14.4 Å². The van der Waals surface area contributed by atoms with E-state index in [4.69, 9.17) is 4.74 Å². The van der Waals surface area contributed by atoms with Gasteiger partial charge in [-0.1, -0.05) is 50.6 Å². The predicted molar refractivity (Wildman–Crippen MR) is 136 cm³/mol. The summed E-state index contributed by atoms with van der Waals surface area (Å²) in [7, 11) is -2.18. The molecule has 3 aromatic rings. The quantitative estimate of drug-likeness (QED) is 0.464. The van der Waals surface area contributed by atoms with Crippen molar-refractivity contribution in [2.75, 3.05) is 24.5 Å². The minimum absolute atomic E-state index is 0.0850. The van der Waals surface area contributed by atoms with Crippen LogP contribution in [0.5, 0.6) is 5.75 Å². The molecule has 0 aliphatic heterocycles. The van der Waals surface area contributed by atoms with Gasteiger partial charge >= 0.3 is 0 Å². The number of benzene rings is 3. The molecular formula is C27H32N2O4S. The number of amides is 1. The van der Waals surface area contributed by atoms with Gasteiger partial charge in [-0.3, -0.25) is 9.10 Å². The van der Waals surface area contributed by atoms with Crippen molar-refractivity contribution in [3.63, 3.8) is 0 Å². The van der Waals surface area contributed by atoms with E-state index in [0.717, 1.165) is 11.3 Å². The van der Waals surface area contributed by atoms with Crippen LogP contribution in [0.2, 0.25) is 0 Å². The van der Waals surface area contributed by atoms with Crippen LogP contribution in [-0.2, 0) is 15.4 Å². The Kier molecular flexibility index (Phi) is 7.67. The fourth-order valence-electron chi connectivity index (χ4n) is 3.32. The van der Waals surface area contributed by atoms with Gasteiger partial charge in [0.2, 0.25) is 0 Å². The monoisotopic (exact) mass is 480 g/mol. The lowest BCUT2D eigenvalue weighted by Gasteiger charge is -2.20. The summed E-state index contributed by atoms with van der Waals surface area (Å²) in [6.07, 6.45) is 0. The minimum Gasteiger partial charge on any atom is -0.492 e. The standard InChI is InChI=1S/C27H32N2O4S/c1-20-6-16-25(17-7-20)34(31,32)29(5)23-12-8-21(9-13-23)26(30)28-18-19-33-24-14-10-22(11-15-24)27(2,3)4/h6-17H,18-19H2,1-5H3,(H,28,30). The lowest BCUT2D eigenvalue weighted by molar-refractivity contribution is 0.0947. The summed E-state index contributed by atoms with van der Waals surface area (Å²) < 4.78 is 32.6. The van der Waals surface area contributed by atoms with E-state index >= 15 is 0 Å². The number of nitrogens with zero attached hydrogens (tertiary/aromatic N) is 1. The Morgan fingerprint density at radius 2 is 1.50 bits per heavy atom. The number of rotatable bonds is 8. The van der Waals surface area contributed by atoms with Crippen LogP contribution in [0, 0.1) is 6.92 Å². The average Bonchev–Trinajstić information content (AvgIpc) is 2.81. The van der Waals surface area contributed by atoms with E-state index in [-0.39, 0.29) is 16.2 Å². The SMILES string of the molecule is Cc1ccc(S(=O)(=O)N(C)c2ccc(C(=O)NCCOc3ccc(C(C)(C)C)cc3)cc2)cc1. The van der Waals surface area contributed by atoms with Crippen LogP contribution in [0.15, 0.2) is 77.7 Å². The molecule has 0 saturated carbocycles. The Morgan fingerprint density at radius 1 is 0.912 bits per heavy atom. The Labute approximate surface area is 202 Å². The maximum Gasteiger partial charge on any atom is 0.264 e. The van der Waals surface area contributed by atoms with E-state index < -0.39 is 10.0 Å². The number of nitrogens with one attached hydrogen (secondary N) is 1. The van der Waals surface area contributed by atoms with Crippen molar-refractivity contribution in [1.29, 1.82) is 0 Å². The van der Waals surface area contributed by atoms with Crippen molar-refractivity contribution in [3.05, 3.63) is 89.5 Å². The minimum atomic E-state index is -3.68. The summed E-state index contributed by atoms with van der Waals surface area (Å²) >= 11 is 0. The molecule has 34 heavy (non-hydrogen) atoms. The number of ether oxygens (including phenoxy) is 1. The van der Waals surface area contributed by atoms with Gasteiger partial charge in [0, 0.05) is 12.6 Å². The van der Waals surface area contributed by atoms with E-state index in [1.807, 2.05) is 31.2 Å². The third-order valence-corrected chi connectivity index (χ3v) is 7.35. The molecule has 0 aliphatic rings. The molecule has 0 saturated heterocycles. The molecule has 1 N–H and O–H groups in total. The lowest BCUT2D eigenvalue weighted by Crippen LogP contribution is -2.28. The summed E-state index contributed by atoms with van der Waals surface area (Å²) in [4.78, 5) is 12.7. The smallest absolute Gasteiger partial charge is 0.264 e. The van der Waals surface area contributed by atoms with Gasteiger partial charge in [0.1, 0.15) is 12.4 Å². The molecule has 1 amide bonds. The highest BCUT2D eigenvalue weighted by Crippen LogP contribution is 2.24. The molecule has 6 nitrogen and oxygen atoms in total. The molecule has 0 aliphatic carbocycles. The van der Waals surface area contributed by atoms with Crippen molar-refractivity contribution < 1.29 is 17.9 Å². The van der Waals surface area contributed by atoms with Gasteiger partial charge in [-0.15, -0.1) is 0 Å². The van der Waals surface area contributed by atoms with Crippen LogP contribution in [-0.4, -0.2) is 34.5 Å². The fraction of sp³-hybridized carbons (Fsp3) is 0.296. The van der Waals surface area contributed by atoms with Crippen molar-refractivity contribution in [2.45, 2.75) is 38.0 Å². The third-order valence-electron chi connectivity index (χ3n) is 5.55. The Bertz CT molecular complexity index is 1210. The molecule has 3 rings (SSSR count). The second-order valence-electron chi connectivity index (χ2n) is 9.21. The number of anilines is 1. The molecule has 0 fully saturated rings. The van der Waals surface area contributed by atoms with Gasteiger partial charge in [-0.25, -0.2) is 8.42 Å². The molecule has 180 valence electrons. The molecule has 7 heteroatoms. The summed E-state index contributed by atoms with van der Waals surface area (Å²) in [6, 6.07) is 21.1. The van der Waals surface area contributed by atoms with Crippen LogP contribution in [0.25, 0.3) is 0 Å². The van der Waals surface area contributed by atoms with Crippen molar-refractivity contribution in [3.8, 4) is 5.75 Å². The lowest BCUT2D eigenvalue weighted by atomic mass is 9.87. The largest absolute Gasteiger partial charge is 0.492 e. The van der Waals surface area contributed by atoms with E-state index in [2.05, 4.69) is 26.1 Å². The summed E-state index contributed by atoms with van der Waals surface area (Å²) in [5.41, 5.74) is 3.22. The summed E-state index contributed by atoms with van der Waals surface area (Å²) in [5, 5.41) is 2.82. The molecule has 0 radical (unpaired) electrons. The molecule has 0 bridgehead atoms. The molecule has 0 aromatic heterocycles. The fourth-order valence-corrected chi connectivity index (χ4v) is 4.51. The Balaban J connectivity index is 1.53. The highest BCUT2D eigenvalue weighted by molar-refractivity contribution is 7.92. The molecule has 0 spiro atoms. The van der Waals surface area contributed by atoms with Gasteiger partial charge in [0.05, 0.1) is 17.1 Å². The van der Waals surface area contributed by atoms with Crippen LogP contribution >= 0.6 is 0 Å². The normalized spacial score (nSPS) is 11.7. The van der Waals surface area contributed by atoms with E-state index in [1.165, 1.54) is 16.9 Å². The zero-order valence-corrected chi connectivity index (χ0v) is 21.1.